The molecule has 23 heavy (non-hydrogen) atoms. The number of rotatable bonds is 3. The van der Waals surface area contributed by atoms with Gasteiger partial charge in [0.25, 0.3) is 0 Å². The molecule has 6 nitrogen and oxygen atoms in total. The fraction of sp³-hybridized carbons (Fsp3) is 0.562. The number of methoxy groups -OCH3 is 1. The lowest BCUT2D eigenvalue weighted by Gasteiger charge is -2.37. The quantitative estimate of drug-likeness (QED) is 0.838. The maximum absolute atomic E-state index is 13.0. The standard InChI is InChI=1S/C16H20N2O4S/c1-22-14(19)9-12-15(20)17-6-7-18(12)16(21)11-3-2-4-13-10(11)5-8-23-13/h5,8,11-12H,2-4,6-7,9H2,1H3,(H,17,20)/t11-,12-/m1/s1. The van der Waals surface area contributed by atoms with Crippen molar-refractivity contribution in [1.82, 2.24) is 10.2 Å². The molecule has 2 heterocycles. The number of carbonyl (C=O) groups excluding carboxylic acids is 3. The third-order valence-electron chi connectivity index (χ3n) is 4.55. The van der Waals surface area contributed by atoms with Crippen LogP contribution in [0.1, 0.15) is 35.6 Å². The Balaban J connectivity index is 1.82. The molecule has 2 atom stereocenters. The molecule has 2 aliphatic rings. The number of esters is 1. The fourth-order valence-corrected chi connectivity index (χ4v) is 4.35. The van der Waals surface area contributed by atoms with E-state index in [1.807, 2.05) is 11.4 Å². The molecule has 1 aromatic heterocycles. The van der Waals surface area contributed by atoms with Crippen LogP contribution in [0, 0.1) is 0 Å². The number of carbonyl (C=O) groups is 3. The third-order valence-corrected chi connectivity index (χ3v) is 5.55. The van der Waals surface area contributed by atoms with Crippen LogP contribution in [0.4, 0.5) is 0 Å². The number of aryl methyl sites for hydroxylation is 1. The zero-order valence-electron chi connectivity index (χ0n) is 13.0. The monoisotopic (exact) mass is 336 g/mol. The Kier molecular flexibility index (Phi) is 4.66. The van der Waals surface area contributed by atoms with E-state index in [4.69, 9.17) is 0 Å². The van der Waals surface area contributed by atoms with Crippen molar-refractivity contribution in [2.75, 3.05) is 20.2 Å². The van der Waals surface area contributed by atoms with Gasteiger partial charge in [-0.25, -0.2) is 0 Å². The van der Waals surface area contributed by atoms with Crippen molar-refractivity contribution in [3.63, 3.8) is 0 Å². The second-order valence-electron chi connectivity index (χ2n) is 5.86. The summed E-state index contributed by atoms with van der Waals surface area (Å²) in [5.41, 5.74) is 1.09. The number of thiophene rings is 1. The normalized spacial score (nSPS) is 23.9. The Bertz CT molecular complexity index is 627. The van der Waals surface area contributed by atoms with Crippen molar-refractivity contribution < 1.29 is 19.1 Å². The molecule has 1 saturated heterocycles. The average molecular weight is 336 g/mol. The van der Waals surface area contributed by atoms with E-state index in [0.29, 0.717) is 13.1 Å². The maximum atomic E-state index is 13.0. The molecule has 7 heteroatoms. The lowest BCUT2D eigenvalue weighted by atomic mass is 9.86. The molecule has 1 aliphatic heterocycles. The summed E-state index contributed by atoms with van der Waals surface area (Å²) in [7, 11) is 1.29. The van der Waals surface area contributed by atoms with Crippen molar-refractivity contribution in [1.29, 1.82) is 0 Å². The van der Waals surface area contributed by atoms with Gasteiger partial charge >= 0.3 is 5.97 Å². The molecule has 2 amide bonds. The summed E-state index contributed by atoms with van der Waals surface area (Å²) in [4.78, 5) is 39.6. The van der Waals surface area contributed by atoms with Gasteiger partial charge in [0.15, 0.2) is 0 Å². The molecule has 1 aromatic rings. The first kappa shape index (κ1) is 16.0. The number of hydrogen-bond acceptors (Lipinski definition) is 5. The van der Waals surface area contributed by atoms with E-state index < -0.39 is 12.0 Å². The number of amides is 2. The van der Waals surface area contributed by atoms with Crippen LogP contribution in [0.25, 0.3) is 0 Å². The van der Waals surface area contributed by atoms with Crippen LogP contribution in [0.5, 0.6) is 0 Å². The van der Waals surface area contributed by atoms with Crippen molar-refractivity contribution in [2.24, 2.45) is 0 Å². The van der Waals surface area contributed by atoms with E-state index in [9.17, 15) is 14.4 Å². The minimum absolute atomic E-state index is 0.0481. The molecule has 0 unspecified atom stereocenters. The maximum Gasteiger partial charge on any atom is 0.308 e. The van der Waals surface area contributed by atoms with Crippen LogP contribution in [-0.2, 0) is 25.5 Å². The number of nitrogens with zero attached hydrogens (tertiary/aromatic N) is 1. The highest BCUT2D eigenvalue weighted by atomic mass is 32.1. The number of nitrogens with one attached hydrogen (secondary N) is 1. The summed E-state index contributed by atoms with van der Waals surface area (Å²) in [5.74, 6) is -1.01. The van der Waals surface area contributed by atoms with Gasteiger partial charge in [-0.2, -0.15) is 0 Å². The Morgan fingerprint density at radius 3 is 3.09 bits per heavy atom. The summed E-state index contributed by atoms with van der Waals surface area (Å²) in [6.45, 7) is 0.855. The fourth-order valence-electron chi connectivity index (χ4n) is 3.37. The van der Waals surface area contributed by atoms with E-state index in [2.05, 4.69) is 10.1 Å². The Hall–Kier alpha value is -1.89. The first-order chi connectivity index (χ1) is 11.1. The molecule has 124 valence electrons. The number of fused-ring (bicyclic) bond motifs is 1. The van der Waals surface area contributed by atoms with Gasteiger partial charge in [-0.3, -0.25) is 14.4 Å². The number of hydrogen-bond donors (Lipinski definition) is 1. The van der Waals surface area contributed by atoms with Crippen molar-refractivity contribution in [3.8, 4) is 0 Å². The smallest absolute Gasteiger partial charge is 0.308 e. The summed E-state index contributed by atoms with van der Waals surface area (Å²) >= 11 is 1.68. The zero-order valence-corrected chi connectivity index (χ0v) is 13.9. The van der Waals surface area contributed by atoms with E-state index in [1.54, 1.807) is 16.2 Å². The van der Waals surface area contributed by atoms with Gasteiger partial charge in [-0.1, -0.05) is 0 Å². The third kappa shape index (κ3) is 3.10. The molecule has 0 radical (unpaired) electrons. The van der Waals surface area contributed by atoms with Gasteiger partial charge in [-0.05, 0) is 36.3 Å². The van der Waals surface area contributed by atoms with Crippen molar-refractivity contribution >= 4 is 29.1 Å². The van der Waals surface area contributed by atoms with Gasteiger partial charge in [0.1, 0.15) is 6.04 Å². The number of ether oxygens (including phenoxy) is 1. The molecule has 1 fully saturated rings. The van der Waals surface area contributed by atoms with Gasteiger partial charge in [0.05, 0.1) is 19.4 Å². The molecule has 1 aliphatic carbocycles. The molecule has 0 spiro atoms. The number of piperazine rings is 1. The summed E-state index contributed by atoms with van der Waals surface area (Å²) in [6.07, 6.45) is 2.69. The zero-order chi connectivity index (χ0) is 16.4. The Morgan fingerprint density at radius 1 is 1.48 bits per heavy atom. The molecular formula is C16H20N2O4S. The SMILES string of the molecule is COC(=O)C[C@@H]1C(=O)NCCN1C(=O)[C@@H]1CCCc2sccc21. The first-order valence-corrected chi connectivity index (χ1v) is 8.71. The van der Waals surface area contributed by atoms with Crippen LogP contribution < -0.4 is 5.32 Å². The molecule has 0 aromatic carbocycles. The van der Waals surface area contributed by atoms with Crippen molar-refractivity contribution in [3.05, 3.63) is 21.9 Å². The van der Waals surface area contributed by atoms with E-state index in [-0.39, 0.29) is 24.2 Å². The van der Waals surface area contributed by atoms with Crippen LogP contribution in [0.2, 0.25) is 0 Å². The Morgan fingerprint density at radius 2 is 2.30 bits per heavy atom. The molecular weight excluding hydrogens is 316 g/mol. The van der Waals surface area contributed by atoms with Crippen LogP contribution >= 0.6 is 11.3 Å². The van der Waals surface area contributed by atoms with Crippen molar-refractivity contribution in [2.45, 2.75) is 37.6 Å². The minimum Gasteiger partial charge on any atom is -0.469 e. The van der Waals surface area contributed by atoms with E-state index >= 15 is 0 Å². The first-order valence-electron chi connectivity index (χ1n) is 7.83. The van der Waals surface area contributed by atoms with Crippen LogP contribution in [-0.4, -0.2) is 48.9 Å². The van der Waals surface area contributed by atoms with Crippen LogP contribution in [0.3, 0.4) is 0 Å². The van der Waals surface area contributed by atoms with Gasteiger partial charge in [-0.15, -0.1) is 11.3 Å². The lowest BCUT2D eigenvalue weighted by molar-refractivity contribution is -0.151. The highest BCUT2D eigenvalue weighted by molar-refractivity contribution is 7.10. The van der Waals surface area contributed by atoms with Crippen LogP contribution in [0.15, 0.2) is 11.4 Å². The van der Waals surface area contributed by atoms with E-state index in [0.717, 1.165) is 24.8 Å². The molecule has 3 rings (SSSR count). The largest absolute Gasteiger partial charge is 0.469 e. The summed E-state index contributed by atoms with van der Waals surface area (Å²) in [6, 6.07) is 1.24. The van der Waals surface area contributed by atoms with Gasteiger partial charge in [0, 0.05) is 18.0 Å². The second kappa shape index (κ2) is 6.70. The van der Waals surface area contributed by atoms with Gasteiger partial charge < -0.3 is 15.0 Å². The summed E-state index contributed by atoms with van der Waals surface area (Å²) < 4.78 is 4.66. The predicted molar refractivity (Wildman–Crippen MR) is 85.1 cm³/mol. The highest BCUT2D eigenvalue weighted by Crippen LogP contribution is 2.36. The predicted octanol–water partition coefficient (Wildman–Crippen LogP) is 1.06. The molecule has 1 N–H and O–H groups in total. The van der Waals surface area contributed by atoms with E-state index in [1.165, 1.54) is 12.0 Å². The summed E-state index contributed by atoms with van der Waals surface area (Å²) in [5, 5.41) is 4.74. The minimum atomic E-state index is -0.771. The Labute approximate surface area is 138 Å². The lowest BCUT2D eigenvalue weighted by Crippen LogP contribution is -2.58. The topological polar surface area (TPSA) is 75.7 Å². The molecule has 0 bridgehead atoms. The average Bonchev–Trinajstić information content (AvgIpc) is 3.04. The van der Waals surface area contributed by atoms with Gasteiger partial charge in [0.2, 0.25) is 11.8 Å². The molecule has 0 saturated carbocycles. The second-order valence-corrected chi connectivity index (χ2v) is 6.86. The highest BCUT2D eigenvalue weighted by Gasteiger charge is 2.39.